The minimum Gasteiger partial charge on any atom is -0.339 e. The quantitative estimate of drug-likeness (QED) is 0.942. The van der Waals surface area contributed by atoms with Crippen LogP contribution in [0, 0.1) is 0 Å². The Hall–Kier alpha value is -2.05. The van der Waals surface area contributed by atoms with Gasteiger partial charge in [0.2, 0.25) is 5.82 Å². The van der Waals surface area contributed by atoms with Gasteiger partial charge in [-0.15, -0.1) is 0 Å². The molecule has 0 aliphatic heterocycles. The molecule has 1 aromatic heterocycles. The number of imidazole rings is 1. The molecule has 4 nitrogen and oxygen atoms in total. The Morgan fingerprint density at radius 2 is 1.95 bits per heavy atom. The molecule has 1 heterocycles. The molecule has 1 N–H and O–H groups in total. The lowest BCUT2D eigenvalue weighted by Crippen LogP contribution is -2.30. The van der Waals surface area contributed by atoms with Gasteiger partial charge in [-0.2, -0.15) is 13.2 Å². The first-order valence-electron chi connectivity index (χ1n) is 6.23. The average Bonchev–Trinajstić information content (AvgIpc) is 2.82. The maximum absolute atomic E-state index is 12.6. The van der Waals surface area contributed by atoms with Crippen molar-refractivity contribution in [1.82, 2.24) is 14.9 Å². The molecule has 2 aromatic rings. The molecule has 1 amide bonds. The van der Waals surface area contributed by atoms with E-state index in [-0.39, 0.29) is 16.9 Å². The molecular weight excluding hydrogens is 271 g/mol. The lowest BCUT2D eigenvalue weighted by Gasteiger charge is -2.18. The summed E-state index contributed by atoms with van der Waals surface area (Å²) in [4.78, 5) is 19.4. The van der Waals surface area contributed by atoms with E-state index in [1.807, 2.05) is 13.8 Å². The molecule has 0 bridgehead atoms. The Balaban J connectivity index is 2.41. The van der Waals surface area contributed by atoms with Crippen LogP contribution in [-0.2, 0) is 6.18 Å². The van der Waals surface area contributed by atoms with Crippen molar-refractivity contribution in [3.8, 4) is 0 Å². The van der Waals surface area contributed by atoms with Gasteiger partial charge >= 0.3 is 6.18 Å². The molecule has 0 aliphatic rings. The van der Waals surface area contributed by atoms with Crippen molar-refractivity contribution < 1.29 is 18.0 Å². The van der Waals surface area contributed by atoms with Gasteiger partial charge in [0.15, 0.2) is 0 Å². The number of halogens is 3. The number of carbonyl (C=O) groups excluding carboxylic acids is 1. The third-order valence-corrected chi connectivity index (χ3v) is 3.05. The molecule has 0 saturated heterocycles. The average molecular weight is 285 g/mol. The number of alkyl halides is 3. The van der Waals surface area contributed by atoms with Crippen molar-refractivity contribution in [1.29, 1.82) is 0 Å². The minimum atomic E-state index is -4.53. The SMILES string of the molecule is CCN(CC)C(=O)c1ccc2nc(C(F)(F)F)[nH]c2c1. The van der Waals surface area contributed by atoms with Crippen LogP contribution >= 0.6 is 0 Å². The Morgan fingerprint density at radius 1 is 1.30 bits per heavy atom. The van der Waals surface area contributed by atoms with E-state index in [9.17, 15) is 18.0 Å². The molecule has 2 rings (SSSR count). The van der Waals surface area contributed by atoms with E-state index >= 15 is 0 Å². The molecule has 1 aromatic carbocycles. The normalized spacial score (nSPS) is 11.8. The van der Waals surface area contributed by atoms with Crippen LogP contribution in [0.25, 0.3) is 11.0 Å². The molecule has 0 spiro atoms. The molecule has 0 atom stereocenters. The first kappa shape index (κ1) is 14.4. The highest BCUT2D eigenvalue weighted by Gasteiger charge is 2.34. The number of nitrogens with zero attached hydrogens (tertiary/aromatic N) is 2. The first-order valence-corrected chi connectivity index (χ1v) is 6.23. The minimum absolute atomic E-state index is 0.188. The number of amides is 1. The highest BCUT2D eigenvalue weighted by atomic mass is 19.4. The van der Waals surface area contributed by atoms with Gasteiger partial charge in [-0.1, -0.05) is 0 Å². The number of hydrogen-bond acceptors (Lipinski definition) is 2. The second-order valence-corrected chi connectivity index (χ2v) is 4.29. The predicted molar refractivity (Wildman–Crippen MR) is 68.3 cm³/mol. The molecular formula is C13H14F3N3O. The van der Waals surface area contributed by atoms with Crippen LogP contribution in [0.2, 0.25) is 0 Å². The third kappa shape index (κ3) is 2.61. The molecule has 108 valence electrons. The van der Waals surface area contributed by atoms with Gasteiger partial charge in [0.05, 0.1) is 11.0 Å². The summed E-state index contributed by atoms with van der Waals surface area (Å²) in [6.07, 6.45) is -4.53. The van der Waals surface area contributed by atoms with E-state index in [1.165, 1.54) is 18.2 Å². The van der Waals surface area contributed by atoms with Crippen molar-refractivity contribution in [3.05, 3.63) is 29.6 Å². The Kier molecular flexibility index (Phi) is 3.69. The van der Waals surface area contributed by atoms with Crippen molar-refractivity contribution in [2.24, 2.45) is 0 Å². The third-order valence-electron chi connectivity index (χ3n) is 3.05. The van der Waals surface area contributed by atoms with Crippen LogP contribution in [0.1, 0.15) is 30.0 Å². The summed E-state index contributed by atoms with van der Waals surface area (Å²) in [5, 5.41) is 0. The summed E-state index contributed by atoms with van der Waals surface area (Å²) in [5.74, 6) is -1.26. The largest absolute Gasteiger partial charge is 0.449 e. The number of carbonyl (C=O) groups is 1. The van der Waals surface area contributed by atoms with E-state index in [1.54, 1.807) is 4.90 Å². The summed E-state index contributed by atoms with van der Waals surface area (Å²) in [6.45, 7) is 4.78. The summed E-state index contributed by atoms with van der Waals surface area (Å²) in [6, 6.07) is 4.31. The molecule has 0 aliphatic carbocycles. The zero-order valence-corrected chi connectivity index (χ0v) is 11.1. The summed E-state index contributed by atoms with van der Waals surface area (Å²) in [5.41, 5.74) is 0.738. The molecule has 0 fully saturated rings. The van der Waals surface area contributed by atoms with Gasteiger partial charge in [0.1, 0.15) is 0 Å². The van der Waals surface area contributed by atoms with Gasteiger partial charge in [-0.3, -0.25) is 4.79 Å². The second kappa shape index (κ2) is 5.15. The summed E-state index contributed by atoms with van der Waals surface area (Å²) >= 11 is 0. The number of benzene rings is 1. The number of hydrogen-bond donors (Lipinski definition) is 1. The van der Waals surface area contributed by atoms with Crippen LogP contribution in [0.4, 0.5) is 13.2 Å². The maximum atomic E-state index is 12.6. The zero-order valence-electron chi connectivity index (χ0n) is 11.1. The van der Waals surface area contributed by atoms with Crippen LogP contribution in [-0.4, -0.2) is 33.9 Å². The molecule has 20 heavy (non-hydrogen) atoms. The highest BCUT2D eigenvalue weighted by molar-refractivity contribution is 5.97. The van der Waals surface area contributed by atoms with Gasteiger partial charge in [0.25, 0.3) is 5.91 Å². The zero-order chi connectivity index (χ0) is 14.9. The standard InChI is InChI=1S/C13H14F3N3O/c1-3-19(4-2)11(20)8-5-6-9-10(7-8)18-12(17-9)13(14,15)16/h5-7H,3-4H2,1-2H3,(H,17,18). The smallest absolute Gasteiger partial charge is 0.339 e. The van der Waals surface area contributed by atoms with Crippen molar-refractivity contribution in [2.45, 2.75) is 20.0 Å². The van der Waals surface area contributed by atoms with Crippen molar-refractivity contribution in [3.63, 3.8) is 0 Å². The molecule has 0 saturated carbocycles. The van der Waals surface area contributed by atoms with E-state index in [0.29, 0.717) is 18.7 Å². The van der Waals surface area contributed by atoms with Crippen molar-refractivity contribution in [2.75, 3.05) is 13.1 Å². The van der Waals surface area contributed by atoms with Crippen molar-refractivity contribution >= 4 is 16.9 Å². The van der Waals surface area contributed by atoms with E-state index in [4.69, 9.17) is 0 Å². The summed E-state index contributed by atoms with van der Waals surface area (Å²) in [7, 11) is 0. The van der Waals surface area contributed by atoms with Crippen LogP contribution in [0.3, 0.4) is 0 Å². The van der Waals surface area contributed by atoms with Gasteiger partial charge in [-0.05, 0) is 32.0 Å². The van der Waals surface area contributed by atoms with Crippen LogP contribution in [0.15, 0.2) is 18.2 Å². The van der Waals surface area contributed by atoms with Crippen LogP contribution < -0.4 is 0 Å². The molecule has 0 radical (unpaired) electrons. The highest BCUT2D eigenvalue weighted by Crippen LogP contribution is 2.28. The number of nitrogens with one attached hydrogen (secondary N) is 1. The topological polar surface area (TPSA) is 49.0 Å². The molecule has 7 heteroatoms. The number of H-pyrrole nitrogens is 1. The second-order valence-electron chi connectivity index (χ2n) is 4.29. The summed E-state index contributed by atoms with van der Waals surface area (Å²) < 4.78 is 37.7. The first-order chi connectivity index (χ1) is 9.36. The van der Waals surface area contributed by atoms with Gasteiger partial charge < -0.3 is 9.88 Å². The number of rotatable bonds is 3. The maximum Gasteiger partial charge on any atom is 0.449 e. The fraction of sp³-hybridized carbons (Fsp3) is 0.385. The Bertz CT molecular complexity index is 629. The Labute approximate surface area is 113 Å². The number of aromatic amines is 1. The van der Waals surface area contributed by atoms with E-state index in [2.05, 4.69) is 9.97 Å². The lowest BCUT2D eigenvalue weighted by atomic mass is 10.1. The molecule has 0 unspecified atom stereocenters. The lowest BCUT2D eigenvalue weighted by molar-refractivity contribution is -0.144. The fourth-order valence-corrected chi connectivity index (χ4v) is 1.97. The monoisotopic (exact) mass is 285 g/mol. The predicted octanol–water partition coefficient (Wildman–Crippen LogP) is 3.06. The fourth-order valence-electron chi connectivity index (χ4n) is 1.97. The number of aromatic nitrogens is 2. The van der Waals surface area contributed by atoms with Gasteiger partial charge in [-0.25, -0.2) is 4.98 Å². The van der Waals surface area contributed by atoms with E-state index in [0.717, 1.165) is 0 Å². The van der Waals surface area contributed by atoms with E-state index < -0.39 is 12.0 Å². The number of fused-ring (bicyclic) bond motifs is 1. The Morgan fingerprint density at radius 3 is 2.50 bits per heavy atom. The van der Waals surface area contributed by atoms with Gasteiger partial charge in [0, 0.05) is 18.7 Å². The van der Waals surface area contributed by atoms with Crippen LogP contribution in [0.5, 0.6) is 0 Å².